The van der Waals surface area contributed by atoms with Crippen LogP contribution in [0.25, 0.3) is 0 Å². The summed E-state index contributed by atoms with van der Waals surface area (Å²) in [5.74, 6) is 1.01. The van der Waals surface area contributed by atoms with Crippen LogP contribution in [0.5, 0.6) is 0 Å². The first-order valence-corrected chi connectivity index (χ1v) is 11.8. The van der Waals surface area contributed by atoms with Crippen LogP contribution < -0.4 is 10.2 Å². The molecule has 3 rings (SSSR count). The van der Waals surface area contributed by atoms with Crippen LogP contribution in [0.4, 0.5) is 5.82 Å². The highest BCUT2D eigenvalue weighted by molar-refractivity contribution is 7.90. The molecule has 0 radical (unpaired) electrons. The lowest BCUT2D eigenvalue weighted by atomic mass is 9.96. The molecule has 0 aliphatic carbocycles. The van der Waals surface area contributed by atoms with Crippen LogP contribution >= 0.6 is 0 Å². The quantitative estimate of drug-likeness (QED) is 0.715. The number of carbonyl (C=O) groups is 1. The van der Waals surface area contributed by atoms with Gasteiger partial charge in [0.05, 0.1) is 4.90 Å². The molecule has 30 heavy (non-hydrogen) atoms. The summed E-state index contributed by atoms with van der Waals surface area (Å²) in [7, 11) is -3.20. The maximum atomic E-state index is 12.2. The number of nitrogens with one attached hydrogen (secondary N) is 1. The number of anilines is 1. The first-order valence-electron chi connectivity index (χ1n) is 9.88. The number of hydrogen-bond donors (Lipinski definition) is 1. The minimum absolute atomic E-state index is 0.00897. The average molecular weight is 428 g/mol. The van der Waals surface area contributed by atoms with Gasteiger partial charge in [0.1, 0.15) is 6.07 Å². The average Bonchev–Trinajstić information content (AvgIpc) is 2.76. The molecule has 0 unspecified atom stereocenters. The van der Waals surface area contributed by atoms with E-state index in [1.54, 1.807) is 30.5 Å². The first kappa shape index (κ1) is 21.7. The summed E-state index contributed by atoms with van der Waals surface area (Å²) >= 11 is 0. The van der Waals surface area contributed by atoms with Crippen LogP contribution in [-0.2, 0) is 21.1 Å². The monoisotopic (exact) mass is 427 g/mol. The van der Waals surface area contributed by atoms with Gasteiger partial charge in [-0.1, -0.05) is 12.1 Å². The van der Waals surface area contributed by atoms with Gasteiger partial charge in [0.25, 0.3) is 0 Å². The lowest BCUT2D eigenvalue weighted by Crippen LogP contribution is -2.39. The van der Waals surface area contributed by atoms with Gasteiger partial charge in [-0.25, -0.2) is 18.4 Å². The second-order valence-corrected chi connectivity index (χ2v) is 9.51. The van der Waals surface area contributed by atoms with E-state index in [9.17, 15) is 18.5 Å². The number of hydrogen-bond acceptors (Lipinski definition) is 7. The van der Waals surface area contributed by atoms with Crippen LogP contribution in [0.1, 0.15) is 30.5 Å². The highest BCUT2D eigenvalue weighted by atomic mass is 32.2. The van der Waals surface area contributed by atoms with Crippen molar-refractivity contribution in [1.29, 1.82) is 5.26 Å². The molecule has 1 aromatic carbocycles. The zero-order chi connectivity index (χ0) is 21.6. The number of benzene rings is 1. The SMILES string of the molecule is CS(=O)(=O)c1ccc(CCC(=O)NCC2CCN(c3nccnc3C#N)CC2)cc1. The van der Waals surface area contributed by atoms with Crippen molar-refractivity contribution in [3.8, 4) is 6.07 Å². The molecule has 1 N–H and O–H groups in total. The van der Waals surface area contributed by atoms with Gasteiger partial charge >= 0.3 is 0 Å². The summed E-state index contributed by atoms with van der Waals surface area (Å²) in [6.45, 7) is 2.19. The molecule has 0 saturated carbocycles. The summed E-state index contributed by atoms with van der Waals surface area (Å²) in [5, 5.41) is 12.2. The number of aromatic nitrogens is 2. The van der Waals surface area contributed by atoms with Gasteiger partial charge in [0.15, 0.2) is 21.3 Å². The molecule has 1 aliphatic heterocycles. The molecule has 0 bridgehead atoms. The number of sulfone groups is 1. The molecule has 1 amide bonds. The van der Waals surface area contributed by atoms with E-state index < -0.39 is 9.84 Å². The molecule has 2 aromatic rings. The van der Waals surface area contributed by atoms with Crippen LogP contribution in [0.15, 0.2) is 41.6 Å². The third-order valence-corrected chi connectivity index (χ3v) is 6.41. The minimum atomic E-state index is -3.20. The lowest BCUT2D eigenvalue weighted by molar-refractivity contribution is -0.121. The highest BCUT2D eigenvalue weighted by Crippen LogP contribution is 2.23. The second-order valence-electron chi connectivity index (χ2n) is 7.49. The molecular weight excluding hydrogens is 402 g/mol. The topological polar surface area (TPSA) is 116 Å². The maximum Gasteiger partial charge on any atom is 0.220 e. The predicted molar refractivity (Wildman–Crippen MR) is 113 cm³/mol. The van der Waals surface area contributed by atoms with Gasteiger partial charge in [-0.15, -0.1) is 0 Å². The molecule has 0 atom stereocenters. The Kier molecular flexibility index (Phi) is 7.00. The van der Waals surface area contributed by atoms with E-state index in [2.05, 4.69) is 26.3 Å². The third-order valence-electron chi connectivity index (χ3n) is 5.28. The zero-order valence-electron chi connectivity index (χ0n) is 16.9. The molecule has 9 heteroatoms. The fourth-order valence-corrected chi connectivity index (χ4v) is 4.13. The Bertz CT molecular complexity index is 1020. The Morgan fingerprint density at radius 1 is 1.20 bits per heavy atom. The van der Waals surface area contributed by atoms with Crippen molar-refractivity contribution in [3.05, 3.63) is 47.9 Å². The van der Waals surface area contributed by atoms with Crippen molar-refractivity contribution >= 4 is 21.6 Å². The van der Waals surface area contributed by atoms with E-state index in [1.165, 1.54) is 12.5 Å². The van der Waals surface area contributed by atoms with Gasteiger partial charge in [-0.3, -0.25) is 4.79 Å². The van der Waals surface area contributed by atoms with Crippen LogP contribution in [0, 0.1) is 17.2 Å². The summed E-state index contributed by atoms with van der Waals surface area (Å²) in [6, 6.07) is 8.73. The predicted octanol–water partition coefficient (Wildman–Crippen LogP) is 1.72. The van der Waals surface area contributed by atoms with Crippen molar-refractivity contribution in [3.63, 3.8) is 0 Å². The molecule has 8 nitrogen and oxygen atoms in total. The fraction of sp³-hybridized carbons (Fsp3) is 0.429. The molecule has 0 spiro atoms. The number of nitriles is 1. The third kappa shape index (κ3) is 5.76. The second kappa shape index (κ2) is 9.67. The number of aryl methyl sites for hydroxylation is 1. The normalized spacial score (nSPS) is 14.9. The van der Waals surface area contributed by atoms with Crippen molar-refractivity contribution in [2.75, 3.05) is 30.8 Å². The van der Waals surface area contributed by atoms with Crippen molar-refractivity contribution in [2.45, 2.75) is 30.6 Å². The van der Waals surface area contributed by atoms with Gasteiger partial charge in [-0.2, -0.15) is 5.26 Å². The molecule has 1 saturated heterocycles. The standard InChI is InChI=1S/C21H25N5O3S/c1-30(28,29)18-5-2-16(3-6-18)4-7-20(27)25-15-17-8-12-26(13-9-17)21-19(14-22)23-10-11-24-21/h2-3,5-6,10-11,17H,4,7-9,12-13,15H2,1H3,(H,25,27). The molecule has 1 aromatic heterocycles. The molecule has 1 aliphatic rings. The Labute approximate surface area is 176 Å². The molecule has 1 fully saturated rings. The molecule has 158 valence electrons. The minimum Gasteiger partial charge on any atom is -0.356 e. The Morgan fingerprint density at radius 3 is 2.50 bits per heavy atom. The summed E-state index contributed by atoms with van der Waals surface area (Å²) < 4.78 is 23.0. The van der Waals surface area contributed by atoms with Crippen molar-refractivity contribution in [1.82, 2.24) is 15.3 Å². The summed E-state index contributed by atoms with van der Waals surface area (Å²) in [4.78, 5) is 22.9. The van der Waals surface area contributed by atoms with E-state index in [0.717, 1.165) is 31.5 Å². The van der Waals surface area contributed by atoms with Gasteiger partial charge in [-0.05, 0) is 42.9 Å². The van der Waals surface area contributed by atoms with E-state index in [0.29, 0.717) is 36.8 Å². The number of carbonyl (C=O) groups excluding carboxylic acids is 1. The number of amides is 1. The van der Waals surface area contributed by atoms with Crippen LogP contribution in [-0.4, -0.2) is 50.2 Å². The summed E-state index contributed by atoms with van der Waals surface area (Å²) in [5.41, 5.74) is 1.27. The van der Waals surface area contributed by atoms with E-state index in [1.807, 2.05) is 0 Å². The first-order chi connectivity index (χ1) is 14.4. The summed E-state index contributed by atoms with van der Waals surface area (Å²) in [6.07, 6.45) is 7.04. The van der Waals surface area contributed by atoms with Gasteiger partial charge in [0, 0.05) is 44.7 Å². The molecular formula is C21H25N5O3S. The van der Waals surface area contributed by atoms with E-state index in [-0.39, 0.29) is 10.8 Å². The largest absolute Gasteiger partial charge is 0.356 e. The van der Waals surface area contributed by atoms with E-state index >= 15 is 0 Å². The number of piperidine rings is 1. The molecule has 2 heterocycles. The Morgan fingerprint density at radius 2 is 1.87 bits per heavy atom. The highest BCUT2D eigenvalue weighted by Gasteiger charge is 2.22. The fourth-order valence-electron chi connectivity index (χ4n) is 3.50. The number of nitrogens with zero attached hydrogens (tertiary/aromatic N) is 4. The van der Waals surface area contributed by atoms with Crippen molar-refractivity contribution < 1.29 is 13.2 Å². The Balaban J connectivity index is 1.40. The van der Waals surface area contributed by atoms with E-state index in [4.69, 9.17) is 0 Å². The zero-order valence-corrected chi connectivity index (χ0v) is 17.7. The Hall–Kier alpha value is -2.99. The van der Waals surface area contributed by atoms with Gasteiger partial charge < -0.3 is 10.2 Å². The van der Waals surface area contributed by atoms with Crippen LogP contribution in [0.2, 0.25) is 0 Å². The lowest BCUT2D eigenvalue weighted by Gasteiger charge is -2.32. The van der Waals surface area contributed by atoms with Crippen LogP contribution in [0.3, 0.4) is 0 Å². The number of rotatable bonds is 7. The maximum absolute atomic E-state index is 12.2. The van der Waals surface area contributed by atoms with Crippen molar-refractivity contribution in [2.24, 2.45) is 5.92 Å². The van der Waals surface area contributed by atoms with Gasteiger partial charge in [0.2, 0.25) is 5.91 Å². The smallest absolute Gasteiger partial charge is 0.220 e.